The molecular formula is C10H12BrClN2O3. The summed E-state index contributed by atoms with van der Waals surface area (Å²) in [4.78, 5) is 11.4. The lowest BCUT2D eigenvalue weighted by atomic mass is 10.3. The third kappa shape index (κ3) is 4.16. The Morgan fingerprint density at radius 1 is 1.65 bits per heavy atom. The van der Waals surface area contributed by atoms with E-state index in [4.69, 9.17) is 26.9 Å². The summed E-state index contributed by atoms with van der Waals surface area (Å²) in [6.45, 7) is 0.0953. The zero-order chi connectivity index (χ0) is 12.8. The molecule has 1 aromatic carbocycles. The van der Waals surface area contributed by atoms with Gasteiger partial charge in [-0.2, -0.15) is 0 Å². The number of nitrogens with one attached hydrogen (secondary N) is 1. The van der Waals surface area contributed by atoms with E-state index in [0.717, 1.165) is 0 Å². The van der Waals surface area contributed by atoms with Gasteiger partial charge in [-0.15, -0.1) is 0 Å². The van der Waals surface area contributed by atoms with Crippen molar-refractivity contribution in [1.82, 2.24) is 5.43 Å². The molecule has 0 aromatic heterocycles. The predicted octanol–water partition coefficient (Wildman–Crippen LogP) is 1.49. The number of carbonyl (C=O) groups is 1. The molecule has 94 valence electrons. The highest BCUT2D eigenvalue weighted by Crippen LogP contribution is 2.28. The van der Waals surface area contributed by atoms with Gasteiger partial charge in [0.15, 0.2) is 0 Å². The van der Waals surface area contributed by atoms with Crippen molar-refractivity contribution in [3.63, 3.8) is 0 Å². The van der Waals surface area contributed by atoms with Crippen molar-refractivity contribution in [2.75, 3.05) is 13.7 Å². The fourth-order valence-electron chi connectivity index (χ4n) is 1.13. The summed E-state index contributed by atoms with van der Waals surface area (Å²) in [5.74, 6) is 5.07. The van der Waals surface area contributed by atoms with Gasteiger partial charge in [-0.25, -0.2) is 5.84 Å². The number of halogens is 2. The number of rotatable bonds is 5. The average Bonchev–Trinajstić information content (AvgIpc) is 2.30. The van der Waals surface area contributed by atoms with Gasteiger partial charge in [-0.3, -0.25) is 10.2 Å². The first-order chi connectivity index (χ1) is 8.08. The average molecular weight is 324 g/mol. The van der Waals surface area contributed by atoms with Crippen molar-refractivity contribution in [1.29, 1.82) is 0 Å². The summed E-state index contributed by atoms with van der Waals surface area (Å²) >= 11 is 9.08. The van der Waals surface area contributed by atoms with Crippen LogP contribution in [0.5, 0.6) is 5.75 Å². The third-order valence-electron chi connectivity index (χ3n) is 1.92. The van der Waals surface area contributed by atoms with Crippen molar-refractivity contribution in [3.8, 4) is 5.75 Å². The molecule has 7 heteroatoms. The van der Waals surface area contributed by atoms with E-state index >= 15 is 0 Å². The quantitative estimate of drug-likeness (QED) is 0.489. The van der Waals surface area contributed by atoms with Crippen LogP contribution in [0, 0.1) is 0 Å². The molecule has 0 bridgehead atoms. The summed E-state index contributed by atoms with van der Waals surface area (Å²) in [5.41, 5.74) is 2.02. The SMILES string of the molecule is COCC(Oc1ccc(Cl)cc1Br)C(=O)NN. The molecule has 1 rings (SSSR count). The molecule has 0 radical (unpaired) electrons. The third-order valence-corrected chi connectivity index (χ3v) is 2.77. The fraction of sp³-hybridized carbons (Fsp3) is 0.300. The Labute approximate surface area is 112 Å². The second kappa shape index (κ2) is 6.80. The van der Waals surface area contributed by atoms with E-state index < -0.39 is 12.0 Å². The lowest BCUT2D eigenvalue weighted by Gasteiger charge is -2.17. The molecule has 1 amide bonds. The number of hydrazine groups is 1. The molecule has 0 heterocycles. The molecule has 0 saturated carbocycles. The van der Waals surface area contributed by atoms with Gasteiger partial charge in [-0.1, -0.05) is 11.6 Å². The van der Waals surface area contributed by atoms with Gasteiger partial charge in [0.2, 0.25) is 6.10 Å². The van der Waals surface area contributed by atoms with E-state index in [-0.39, 0.29) is 6.61 Å². The van der Waals surface area contributed by atoms with Gasteiger partial charge >= 0.3 is 0 Å². The Morgan fingerprint density at radius 3 is 2.88 bits per heavy atom. The molecule has 1 aromatic rings. The van der Waals surface area contributed by atoms with Crippen LogP contribution in [0.4, 0.5) is 0 Å². The van der Waals surface area contributed by atoms with E-state index in [1.54, 1.807) is 18.2 Å². The molecular weight excluding hydrogens is 311 g/mol. The summed E-state index contributed by atoms with van der Waals surface area (Å²) in [5, 5.41) is 0.566. The maximum Gasteiger partial charge on any atom is 0.277 e. The molecule has 0 aliphatic carbocycles. The highest BCUT2D eigenvalue weighted by molar-refractivity contribution is 9.10. The maximum absolute atomic E-state index is 11.4. The summed E-state index contributed by atoms with van der Waals surface area (Å²) < 4.78 is 11.0. The molecule has 0 aliphatic heterocycles. The monoisotopic (exact) mass is 322 g/mol. The zero-order valence-electron chi connectivity index (χ0n) is 9.07. The Bertz CT molecular complexity index is 403. The normalized spacial score (nSPS) is 12.0. The highest BCUT2D eigenvalue weighted by Gasteiger charge is 2.20. The second-order valence-electron chi connectivity index (χ2n) is 3.15. The molecule has 3 N–H and O–H groups in total. The van der Waals surface area contributed by atoms with Gasteiger partial charge in [0, 0.05) is 12.1 Å². The Kier molecular flexibility index (Phi) is 5.70. The number of amides is 1. The van der Waals surface area contributed by atoms with Gasteiger partial charge in [-0.05, 0) is 34.1 Å². The number of benzene rings is 1. The van der Waals surface area contributed by atoms with Crippen molar-refractivity contribution in [3.05, 3.63) is 27.7 Å². The first-order valence-electron chi connectivity index (χ1n) is 4.69. The van der Waals surface area contributed by atoms with Crippen LogP contribution in [-0.2, 0) is 9.53 Å². The largest absolute Gasteiger partial charge is 0.477 e. The van der Waals surface area contributed by atoms with Gasteiger partial charge < -0.3 is 9.47 Å². The molecule has 0 fully saturated rings. The van der Waals surface area contributed by atoms with Crippen LogP contribution in [0.2, 0.25) is 5.02 Å². The lowest BCUT2D eigenvalue weighted by Crippen LogP contribution is -2.44. The molecule has 0 aliphatic rings. The van der Waals surface area contributed by atoms with Gasteiger partial charge in [0.05, 0.1) is 11.1 Å². The highest BCUT2D eigenvalue weighted by atomic mass is 79.9. The molecule has 1 unspecified atom stereocenters. The number of ether oxygens (including phenoxy) is 2. The summed E-state index contributed by atoms with van der Waals surface area (Å²) in [7, 11) is 1.47. The van der Waals surface area contributed by atoms with Gasteiger partial charge in [0.1, 0.15) is 5.75 Å². The molecule has 5 nitrogen and oxygen atoms in total. The van der Waals surface area contributed by atoms with E-state index in [0.29, 0.717) is 15.2 Å². The minimum atomic E-state index is -0.817. The lowest BCUT2D eigenvalue weighted by molar-refractivity contribution is -0.130. The Balaban J connectivity index is 2.82. The second-order valence-corrected chi connectivity index (χ2v) is 4.44. The number of methoxy groups -OCH3 is 1. The molecule has 17 heavy (non-hydrogen) atoms. The van der Waals surface area contributed by atoms with Crippen molar-refractivity contribution >= 4 is 33.4 Å². The Hall–Kier alpha value is -0.820. The Morgan fingerprint density at radius 2 is 2.35 bits per heavy atom. The summed E-state index contributed by atoms with van der Waals surface area (Å²) in [6.07, 6.45) is -0.817. The van der Waals surface area contributed by atoms with E-state index in [9.17, 15) is 4.79 Å². The smallest absolute Gasteiger partial charge is 0.277 e. The van der Waals surface area contributed by atoms with Crippen LogP contribution in [0.25, 0.3) is 0 Å². The first kappa shape index (κ1) is 14.2. The van der Waals surface area contributed by atoms with Crippen LogP contribution in [0.3, 0.4) is 0 Å². The van der Waals surface area contributed by atoms with Crippen LogP contribution in [0.15, 0.2) is 22.7 Å². The number of hydrogen-bond acceptors (Lipinski definition) is 4. The zero-order valence-corrected chi connectivity index (χ0v) is 11.4. The van der Waals surface area contributed by atoms with Crippen LogP contribution >= 0.6 is 27.5 Å². The standard InChI is InChI=1S/C10H12BrClN2O3/c1-16-5-9(10(15)14-13)17-8-3-2-6(12)4-7(8)11/h2-4,9H,5,13H2,1H3,(H,14,15). The topological polar surface area (TPSA) is 73.6 Å². The molecule has 1 atom stereocenters. The van der Waals surface area contributed by atoms with E-state index in [2.05, 4.69) is 15.9 Å². The molecule has 0 spiro atoms. The van der Waals surface area contributed by atoms with Crippen LogP contribution < -0.4 is 16.0 Å². The first-order valence-corrected chi connectivity index (χ1v) is 5.86. The maximum atomic E-state index is 11.4. The van der Waals surface area contributed by atoms with E-state index in [1.165, 1.54) is 7.11 Å². The van der Waals surface area contributed by atoms with Gasteiger partial charge in [0.25, 0.3) is 5.91 Å². The van der Waals surface area contributed by atoms with Crippen LogP contribution in [0.1, 0.15) is 0 Å². The number of hydrogen-bond donors (Lipinski definition) is 2. The summed E-state index contributed by atoms with van der Waals surface area (Å²) in [6, 6.07) is 4.98. The minimum absolute atomic E-state index is 0.0953. The number of carbonyl (C=O) groups excluding carboxylic acids is 1. The van der Waals surface area contributed by atoms with Crippen LogP contribution in [-0.4, -0.2) is 25.7 Å². The fourth-order valence-corrected chi connectivity index (χ4v) is 1.91. The van der Waals surface area contributed by atoms with Crippen molar-refractivity contribution in [2.24, 2.45) is 5.84 Å². The predicted molar refractivity (Wildman–Crippen MR) is 67.8 cm³/mol. The molecule has 0 saturated heterocycles. The number of nitrogens with two attached hydrogens (primary N) is 1. The van der Waals surface area contributed by atoms with Crippen molar-refractivity contribution < 1.29 is 14.3 Å². The minimum Gasteiger partial charge on any atom is -0.477 e. The van der Waals surface area contributed by atoms with Crippen molar-refractivity contribution in [2.45, 2.75) is 6.10 Å². The van der Waals surface area contributed by atoms with E-state index in [1.807, 2.05) is 5.43 Å².